The van der Waals surface area contributed by atoms with Crippen LogP contribution >= 0.6 is 6.64 Å². The molecule has 2 aromatic heterocycles. The summed E-state index contributed by atoms with van der Waals surface area (Å²) in [6.07, 6.45) is -9.33. The van der Waals surface area contributed by atoms with Gasteiger partial charge in [-0.05, 0) is 44.7 Å². The van der Waals surface area contributed by atoms with Gasteiger partial charge in [-0.15, -0.1) is 0 Å². The number of aliphatic hydroxyl groups is 1. The van der Waals surface area contributed by atoms with Crippen LogP contribution in [-0.4, -0.2) is 73.4 Å². The fourth-order valence-corrected chi connectivity index (χ4v) is 6.46. The summed E-state index contributed by atoms with van der Waals surface area (Å²) in [5.74, 6) is -5.52. The number of aliphatic hydroxyl groups excluding tert-OH is 1. The maximum Gasteiger partial charge on any atom is 0.323 e. The number of H-pyrrole nitrogens is 1. The van der Waals surface area contributed by atoms with Gasteiger partial charge in [0.2, 0.25) is 12.2 Å². The van der Waals surface area contributed by atoms with Crippen molar-refractivity contribution in [1.29, 1.82) is 0 Å². The van der Waals surface area contributed by atoms with Crippen molar-refractivity contribution in [2.45, 2.75) is 63.2 Å². The highest BCUT2D eigenvalue weighted by Crippen LogP contribution is 2.54. The maximum absolute atomic E-state index is 15.5. The van der Waals surface area contributed by atoms with Crippen molar-refractivity contribution in [2.24, 2.45) is 0 Å². The number of esters is 1. The summed E-state index contributed by atoms with van der Waals surface area (Å²) in [5.41, 5.74) is 0.326. The predicted octanol–water partition coefficient (Wildman–Crippen LogP) is 2.48. The largest absolute Gasteiger partial charge is 0.462 e. The number of rotatable bonds is 11. The standard InChI is InChI=1S/C23H27F4N6O7PS/c1-11(2)38-17(35)12(3)32-41(42,40-13-7-5-4-6-8-13)37-9-22(19(24)25)18(36)23(26,27)20(39-22)33-10-29-14-15(33)30-21(28)31-16(14)34/h4-8,10-12,18-20,36H,9H2,1-3H3,(H,32,42)(H3,28,30,31,34)/t12-,18+,20+,22+,41?/m0/s1. The van der Waals surface area contributed by atoms with Crippen molar-refractivity contribution < 1.29 is 46.0 Å². The topological polar surface area (TPSA) is 176 Å². The van der Waals surface area contributed by atoms with Gasteiger partial charge in [-0.2, -0.15) is 13.8 Å². The Morgan fingerprint density at radius 2 is 1.98 bits per heavy atom. The zero-order valence-electron chi connectivity index (χ0n) is 22.2. The summed E-state index contributed by atoms with van der Waals surface area (Å²) < 4.78 is 82.2. The number of carbonyl (C=O) groups excluding carboxylic acids is 1. The summed E-state index contributed by atoms with van der Waals surface area (Å²) >= 11 is 5.46. The van der Waals surface area contributed by atoms with Crippen molar-refractivity contribution in [3.05, 3.63) is 47.0 Å². The summed E-state index contributed by atoms with van der Waals surface area (Å²) in [6.45, 7) is -0.873. The van der Waals surface area contributed by atoms with E-state index in [4.69, 9.17) is 36.1 Å². The van der Waals surface area contributed by atoms with Gasteiger partial charge in [0, 0.05) is 0 Å². The number of imidazole rings is 1. The number of nitrogens with two attached hydrogens (primary N) is 1. The molecule has 1 aliphatic heterocycles. The molecule has 3 aromatic rings. The number of hydrogen-bond acceptors (Lipinski definition) is 11. The number of aromatic nitrogens is 4. The van der Waals surface area contributed by atoms with Gasteiger partial charge in [-0.1, -0.05) is 18.2 Å². The monoisotopic (exact) mass is 638 g/mol. The van der Waals surface area contributed by atoms with Crippen LogP contribution in [0.3, 0.4) is 0 Å². The number of alkyl halides is 4. The van der Waals surface area contributed by atoms with Crippen molar-refractivity contribution in [3.63, 3.8) is 0 Å². The first kappa shape index (κ1) is 31.8. The van der Waals surface area contributed by atoms with Crippen LogP contribution in [0.1, 0.15) is 27.0 Å². The lowest BCUT2D eigenvalue weighted by Crippen LogP contribution is -2.54. The molecule has 1 unspecified atom stereocenters. The molecule has 0 radical (unpaired) electrons. The molecule has 19 heteroatoms. The third-order valence-electron chi connectivity index (χ3n) is 6.05. The van der Waals surface area contributed by atoms with Crippen LogP contribution < -0.4 is 20.9 Å². The molecule has 0 aliphatic carbocycles. The smallest absolute Gasteiger partial charge is 0.323 e. The number of para-hydroxylation sites is 1. The van der Waals surface area contributed by atoms with E-state index >= 15 is 8.78 Å². The van der Waals surface area contributed by atoms with E-state index in [1.54, 1.807) is 32.0 Å². The van der Waals surface area contributed by atoms with Gasteiger partial charge in [0.25, 0.3) is 12.0 Å². The van der Waals surface area contributed by atoms with E-state index in [2.05, 4.69) is 20.0 Å². The number of carbonyl (C=O) groups is 1. The van der Waals surface area contributed by atoms with Gasteiger partial charge < -0.3 is 29.4 Å². The quantitative estimate of drug-likeness (QED) is 0.137. The Balaban J connectivity index is 1.68. The lowest BCUT2D eigenvalue weighted by atomic mass is 9.96. The number of hydrogen-bond donors (Lipinski definition) is 4. The molecule has 13 nitrogen and oxygen atoms in total. The summed E-state index contributed by atoms with van der Waals surface area (Å²) in [5, 5.41) is 13.2. The number of anilines is 1. The molecule has 0 amide bonds. The third kappa shape index (κ3) is 6.14. The number of fused-ring (bicyclic) bond motifs is 1. The normalized spacial score (nSPS) is 24.1. The molecule has 4 rings (SSSR count). The molecule has 0 bridgehead atoms. The van der Waals surface area contributed by atoms with Gasteiger partial charge in [0.15, 0.2) is 22.9 Å². The highest BCUT2D eigenvalue weighted by molar-refractivity contribution is 8.09. The van der Waals surface area contributed by atoms with E-state index in [1.807, 2.05) is 0 Å². The first-order chi connectivity index (χ1) is 19.6. The van der Waals surface area contributed by atoms with E-state index in [1.165, 1.54) is 19.1 Å². The number of halogens is 4. The second-order valence-corrected chi connectivity index (χ2v) is 12.7. The number of benzene rings is 1. The van der Waals surface area contributed by atoms with Crippen molar-refractivity contribution in [3.8, 4) is 5.75 Å². The number of ether oxygens (including phenoxy) is 2. The molecule has 5 N–H and O–H groups in total. The minimum Gasteiger partial charge on any atom is -0.462 e. The molecule has 1 aliphatic rings. The maximum atomic E-state index is 15.5. The summed E-state index contributed by atoms with van der Waals surface area (Å²) in [7, 11) is 0. The minimum absolute atomic E-state index is 0.110. The van der Waals surface area contributed by atoms with Crippen molar-refractivity contribution >= 4 is 41.5 Å². The van der Waals surface area contributed by atoms with Crippen LogP contribution in [0.15, 0.2) is 41.5 Å². The molecule has 3 heterocycles. The molecule has 1 fully saturated rings. The fourth-order valence-electron chi connectivity index (χ4n) is 4.04. The third-order valence-corrected chi connectivity index (χ3v) is 8.53. The van der Waals surface area contributed by atoms with Crippen molar-refractivity contribution in [2.75, 3.05) is 12.3 Å². The number of nitrogen functional groups attached to an aromatic ring is 1. The first-order valence-corrected chi connectivity index (χ1v) is 14.9. The second kappa shape index (κ2) is 11.9. The average molecular weight is 639 g/mol. The zero-order chi connectivity index (χ0) is 31.0. The van der Waals surface area contributed by atoms with Gasteiger partial charge in [0.1, 0.15) is 11.8 Å². The Morgan fingerprint density at radius 1 is 1.31 bits per heavy atom. The van der Waals surface area contributed by atoms with Crippen LogP contribution in [0.4, 0.5) is 23.5 Å². The van der Waals surface area contributed by atoms with E-state index in [0.29, 0.717) is 10.9 Å². The Bertz CT molecular complexity index is 1540. The molecule has 0 spiro atoms. The summed E-state index contributed by atoms with van der Waals surface area (Å²) in [6, 6.07) is 6.54. The van der Waals surface area contributed by atoms with Gasteiger partial charge in [0.05, 0.1) is 19.0 Å². The van der Waals surface area contributed by atoms with E-state index in [0.717, 1.165) is 0 Å². The molecule has 5 atom stereocenters. The SMILES string of the molecule is CC(C)OC(=O)[C@H](C)NP(=S)(OC[C@@]1(C(F)F)O[C@@H](n2cnc3c(=O)[nH]c(N)nc32)C(F)(F)[C@@H]1O)Oc1ccccc1. The van der Waals surface area contributed by atoms with Crippen molar-refractivity contribution in [1.82, 2.24) is 24.6 Å². The Kier molecular flexibility index (Phi) is 8.97. The summed E-state index contributed by atoms with van der Waals surface area (Å²) in [4.78, 5) is 34.1. The molecular weight excluding hydrogens is 611 g/mol. The molecule has 42 heavy (non-hydrogen) atoms. The van der Waals surface area contributed by atoms with Crippen LogP contribution in [0.5, 0.6) is 5.75 Å². The number of aromatic amines is 1. The van der Waals surface area contributed by atoms with Crippen LogP contribution in [0.25, 0.3) is 11.2 Å². The van der Waals surface area contributed by atoms with Crippen LogP contribution in [0.2, 0.25) is 0 Å². The van der Waals surface area contributed by atoms with Gasteiger partial charge in [-0.3, -0.25) is 19.1 Å². The Morgan fingerprint density at radius 3 is 2.60 bits per heavy atom. The Labute approximate surface area is 240 Å². The van der Waals surface area contributed by atoms with Gasteiger partial charge >= 0.3 is 18.5 Å². The first-order valence-electron chi connectivity index (χ1n) is 12.3. The lowest BCUT2D eigenvalue weighted by molar-refractivity contribution is -0.191. The average Bonchev–Trinajstić information content (AvgIpc) is 3.40. The molecule has 1 aromatic carbocycles. The van der Waals surface area contributed by atoms with Crippen LogP contribution in [-0.2, 0) is 30.6 Å². The van der Waals surface area contributed by atoms with Crippen LogP contribution in [0, 0.1) is 0 Å². The van der Waals surface area contributed by atoms with E-state index in [-0.39, 0.29) is 5.75 Å². The Hall–Kier alpha value is -3.15. The van der Waals surface area contributed by atoms with E-state index in [9.17, 15) is 23.5 Å². The molecular formula is C23H27F4N6O7PS. The molecule has 230 valence electrons. The lowest BCUT2D eigenvalue weighted by Gasteiger charge is -2.34. The minimum atomic E-state index is -4.39. The zero-order valence-corrected chi connectivity index (χ0v) is 24.0. The van der Waals surface area contributed by atoms with E-state index < -0.39 is 84.3 Å². The predicted molar refractivity (Wildman–Crippen MR) is 144 cm³/mol. The number of nitrogens with one attached hydrogen (secondary N) is 2. The van der Waals surface area contributed by atoms with Gasteiger partial charge in [-0.25, -0.2) is 18.9 Å². The highest BCUT2D eigenvalue weighted by Gasteiger charge is 2.71. The second-order valence-electron chi connectivity index (χ2n) is 9.59. The highest BCUT2D eigenvalue weighted by atomic mass is 32.5. The molecule has 0 saturated carbocycles. The molecule has 1 saturated heterocycles. The fraction of sp³-hybridized carbons (Fsp3) is 0.478. The number of nitrogens with zero attached hydrogens (tertiary/aromatic N) is 3.